The molecule has 1 N–H and O–H groups in total. The van der Waals surface area contributed by atoms with Crippen LogP contribution in [-0.2, 0) is 4.74 Å². The van der Waals surface area contributed by atoms with Crippen LogP contribution >= 0.6 is 0 Å². The predicted octanol–water partition coefficient (Wildman–Crippen LogP) is 4.14. The summed E-state index contributed by atoms with van der Waals surface area (Å²) in [5, 5.41) is 10.8. The maximum atomic E-state index is 12.3. The van der Waals surface area contributed by atoms with E-state index in [4.69, 9.17) is 4.74 Å². The van der Waals surface area contributed by atoms with Gasteiger partial charge in [0.1, 0.15) is 11.3 Å². The van der Waals surface area contributed by atoms with Crippen molar-refractivity contribution in [3.63, 3.8) is 0 Å². The van der Waals surface area contributed by atoms with Gasteiger partial charge in [-0.3, -0.25) is 0 Å². The minimum Gasteiger partial charge on any atom is -0.506 e. The molecule has 1 aliphatic heterocycles. The van der Waals surface area contributed by atoms with Crippen LogP contribution in [0.15, 0.2) is 36.4 Å². The molecule has 0 saturated carbocycles. The molecule has 0 bridgehead atoms. The lowest BCUT2D eigenvalue weighted by Gasteiger charge is -2.24. The molecule has 2 aromatic carbocycles. The van der Waals surface area contributed by atoms with Crippen molar-refractivity contribution in [3.05, 3.63) is 47.5 Å². The van der Waals surface area contributed by atoms with Crippen LogP contribution in [0.1, 0.15) is 35.7 Å². The molecule has 1 heterocycles. The number of ether oxygens (including phenoxy) is 1. The molecular formula is C20H23NO3. The van der Waals surface area contributed by atoms with Gasteiger partial charge in [-0.1, -0.05) is 30.3 Å². The van der Waals surface area contributed by atoms with E-state index in [-0.39, 0.29) is 17.9 Å². The molecule has 0 spiro atoms. The summed E-state index contributed by atoms with van der Waals surface area (Å²) in [6.45, 7) is 6.00. The third-order valence-electron chi connectivity index (χ3n) is 4.54. The van der Waals surface area contributed by atoms with Gasteiger partial charge in [0.25, 0.3) is 0 Å². The molecule has 4 nitrogen and oxygen atoms in total. The Labute approximate surface area is 142 Å². The maximum Gasteiger partial charge on any atom is 0.342 e. The Morgan fingerprint density at radius 1 is 1.21 bits per heavy atom. The average Bonchev–Trinajstić information content (AvgIpc) is 3.10. The van der Waals surface area contributed by atoms with Crippen LogP contribution in [0.5, 0.6) is 5.75 Å². The van der Waals surface area contributed by atoms with E-state index < -0.39 is 5.97 Å². The molecular weight excluding hydrogens is 302 g/mol. The molecule has 0 atom stereocenters. The number of benzene rings is 2. The fraction of sp³-hybridized carbons (Fsp3) is 0.350. The van der Waals surface area contributed by atoms with E-state index in [1.807, 2.05) is 37.3 Å². The van der Waals surface area contributed by atoms with E-state index in [0.717, 1.165) is 42.7 Å². The van der Waals surface area contributed by atoms with Crippen molar-refractivity contribution in [1.82, 2.24) is 0 Å². The van der Waals surface area contributed by atoms with E-state index in [9.17, 15) is 9.90 Å². The molecule has 3 rings (SSSR count). The highest BCUT2D eigenvalue weighted by atomic mass is 16.5. The van der Waals surface area contributed by atoms with Gasteiger partial charge >= 0.3 is 5.97 Å². The van der Waals surface area contributed by atoms with Crippen molar-refractivity contribution < 1.29 is 14.6 Å². The first-order chi connectivity index (χ1) is 11.6. The quantitative estimate of drug-likeness (QED) is 0.858. The van der Waals surface area contributed by atoms with Crippen molar-refractivity contribution >= 4 is 11.7 Å². The number of carbonyl (C=O) groups is 1. The lowest BCUT2D eigenvalue weighted by atomic mass is 9.94. The molecule has 0 aliphatic carbocycles. The Morgan fingerprint density at radius 3 is 2.50 bits per heavy atom. The molecule has 0 aromatic heterocycles. The Bertz CT molecular complexity index is 734. The van der Waals surface area contributed by atoms with Gasteiger partial charge in [-0.15, -0.1) is 0 Å². The van der Waals surface area contributed by atoms with Gasteiger partial charge in [0.15, 0.2) is 0 Å². The van der Waals surface area contributed by atoms with Crippen molar-refractivity contribution in [2.75, 3.05) is 24.6 Å². The fourth-order valence-corrected chi connectivity index (χ4v) is 3.36. The zero-order valence-electron chi connectivity index (χ0n) is 14.2. The molecule has 1 saturated heterocycles. The smallest absolute Gasteiger partial charge is 0.342 e. The van der Waals surface area contributed by atoms with Gasteiger partial charge < -0.3 is 14.7 Å². The summed E-state index contributed by atoms with van der Waals surface area (Å²) in [5.41, 5.74) is 3.85. The predicted molar refractivity (Wildman–Crippen MR) is 95.7 cm³/mol. The Hall–Kier alpha value is -2.49. The molecule has 0 unspecified atom stereocenters. The van der Waals surface area contributed by atoms with Gasteiger partial charge in [-0.25, -0.2) is 4.79 Å². The van der Waals surface area contributed by atoms with Crippen LogP contribution < -0.4 is 4.90 Å². The minimum atomic E-state index is -0.479. The summed E-state index contributed by atoms with van der Waals surface area (Å²) in [7, 11) is 0. The number of hydrogen-bond donors (Lipinski definition) is 1. The average molecular weight is 325 g/mol. The molecule has 4 heteroatoms. The molecule has 0 amide bonds. The van der Waals surface area contributed by atoms with Gasteiger partial charge in [-0.2, -0.15) is 0 Å². The molecule has 1 fully saturated rings. The van der Waals surface area contributed by atoms with Crippen molar-refractivity contribution in [3.8, 4) is 16.9 Å². The Balaban J connectivity index is 2.20. The highest BCUT2D eigenvalue weighted by molar-refractivity contribution is 5.98. The minimum absolute atomic E-state index is 0.0000898. The molecule has 126 valence electrons. The Morgan fingerprint density at radius 2 is 1.88 bits per heavy atom. The summed E-state index contributed by atoms with van der Waals surface area (Å²) < 4.78 is 5.14. The van der Waals surface area contributed by atoms with E-state index >= 15 is 0 Å². The summed E-state index contributed by atoms with van der Waals surface area (Å²) in [6.07, 6.45) is 2.30. The second kappa shape index (κ2) is 6.95. The number of carbonyl (C=O) groups excluding carboxylic acids is 1. The van der Waals surface area contributed by atoms with E-state index in [1.54, 1.807) is 13.0 Å². The third-order valence-corrected chi connectivity index (χ3v) is 4.54. The number of phenols is 1. The SMILES string of the molecule is CCOC(=O)c1cc(N2CCCC2)c(C)c(-c2ccccc2)c1O. The lowest BCUT2D eigenvalue weighted by molar-refractivity contribution is 0.0523. The summed E-state index contributed by atoms with van der Waals surface area (Å²) in [5.74, 6) is -0.479. The van der Waals surface area contributed by atoms with E-state index in [1.165, 1.54) is 0 Å². The summed E-state index contributed by atoms with van der Waals surface area (Å²) >= 11 is 0. The van der Waals surface area contributed by atoms with Crippen LogP contribution in [0.4, 0.5) is 5.69 Å². The number of hydrogen-bond acceptors (Lipinski definition) is 4. The van der Waals surface area contributed by atoms with Gasteiger partial charge in [0.05, 0.1) is 6.61 Å². The van der Waals surface area contributed by atoms with Crippen molar-refractivity contribution in [2.45, 2.75) is 26.7 Å². The van der Waals surface area contributed by atoms with Crippen LogP contribution in [0.25, 0.3) is 11.1 Å². The lowest BCUT2D eigenvalue weighted by Crippen LogP contribution is -2.20. The number of aromatic hydroxyl groups is 1. The monoisotopic (exact) mass is 325 g/mol. The first-order valence-electron chi connectivity index (χ1n) is 8.47. The van der Waals surface area contributed by atoms with Crippen LogP contribution in [0, 0.1) is 6.92 Å². The highest BCUT2D eigenvalue weighted by Gasteiger charge is 2.25. The molecule has 0 radical (unpaired) electrons. The zero-order chi connectivity index (χ0) is 17.1. The van der Waals surface area contributed by atoms with Gasteiger partial charge in [0.2, 0.25) is 0 Å². The first-order valence-corrected chi connectivity index (χ1v) is 8.47. The number of rotatable bonds is 4. The Kier molecular flexibility index (Phi) is 4.74. The number of esters is 1. The standard InChI is InChI=1S/C20H23NO3/c1-3-24-20(23)16-13-17(21-11-7-8-12-21)14(2)18(19(16)22)15-9-5-4-6-10-15/h4-6,9-10,13,22H,3,7-8,11-12H2,1-2H3. The highest BCUT2D eigenvalue weighted by Crippen LogP contribution is 2.41. The molecule has 24 heavy (non-hydrogen) atoms. The van der Waals surface area contributed by atoms with Crippen LogP contribution in [-0.4, -0.2) is 30.8 Å². The molecule has 1 aliphatic rings. The second-order valence-corrected chi connectivity index (χ2v) is 6.07. The fourth-order valence-electron chi connectivity index (χ4n) is 3.36. The van der Waals surface area contributed by atoms with Crippen LogP contribution in [0.3, 0.4) is 0 Å². The third kappa shape index (κ3) is 2.96. The maximum absolute atomic E-state index is 12.3. The van der Waals surface area contributed by atoms with Crippen LogP contribution in [0.2, 0.25) is 0 Å². The van der Waals surface area contributed by atoms with Crippen molar-refractivity contribution in [1.29, 1.82) is 0 Å². The normalized spacial score (nSPS) is 14.0. The number of nitrogens with zero attached hydrogens (tertiary/aromatic N) is 1. The number of phenolic OH excluding ortho intramolecular Hbond substituents is 1. The summed E-state index contributed by atoms with van der Waals surface area (Å²) in [6, 6.07) is 11.5. The van der Waals surface area contributed by atoms with Crippen molar-refractivity contribution in [2.24, 2.45) is 0 Å². The largest absolute Gasteiger partial charge is 0.506 e. The van der Waals surface area contributed by atoms with E-state index in [0.29, 0.717) is 5.56 Å². The number of anilines is 1. The van der Waals surface area contributed by atoms with Gasteiger partial charge in [0, 0.05) is 24.3 Å². The first kappa shape index (κ1) is 16.4. The second-order valence-electron chi connectivity index (χ2n) is 6.07. The topological polar surface area (TPSA) is 49.8 Å². The molecule has 2 aromatic rings. The van der Waals surface area contributed by atoms with E-state index in [2.05, 4.69) is 4.90 Å². The zero-order valence-corrected chi connectivity index (χ0v) is 14.2. The summed E-state index contributed by atoms with van der Waals surface area (Å²) in [4.78, 5) is 14.6. The van der Waals surface area contributed by atoms with Gasteiger partial charge in [-0.05, 0) is 43.9 Å².